The van der Waals surface area contributed by atoms with Crippen LogP contribution in [0, 0.1) is 0 Å². The molecule has 0 atom stereocenters. The molecule has 2 N–H and O–H groups in total. The molecule has 0 spiro atoms. The zero-order valence-corrected chi connectivity index (χ0v) is 17.3. The van der Waals surface area contributed by atoms with Crippen molar-refractivity contribution in [3.63, 3.8) is 0 Å². The Morgan fingerprint density at radius 3 is 2.43 bits per heavy atom. The van der Waals surface area contributed by atoms with E-state index in [1.807, 2.05) is 11.9 Å². The molecule has 0 bridgehead atoms. The molecule has 0 aliphatic carbocycles. The molecule has 1 heterocycles. The minimum absolute atomic E-state index is 0.0956. The summed E-state index contributed by atoms with van der Waals surface area (Å²) >= 11 is 5.95. The number of carbonyl (C=O) groups is 1. The molecule has 2 aromatic carbocycles. The Hall–Kier alpha value is -2.13. The molecule has 150 valence electrons. The van der Waals surface area contributed by atoms with Crippen LogP contribution in [0.25, 0.3) is 0 Å². The third-order valence-corrected chi connectivity index (χ3v) is 6.39. The van der Waals surface area contributed by atoms with Crippen LogP contribution in [0.4, 0.5) is 11.4 Å². The van der Waals surface area contributed by atoms with Crippen molar-refractivity contribution in [3.05, 3.63) is 53.1 Å². The van der Waals surface area contributed by atoms with Crippen molar-refractivity contribution in [2.75, 3.05) is 50.5 Å². The van der Waals surface area contributed by atoms with E-state index >= 15 is 0 Å². The molecular formula is C19H23ClN4O3S. The fourth-order valence-electron chi connectivity index (χ4n) is 3.06. The van der Waals surface area contributed by atoms with Gasteiger partial charge < -0.3 is 15.1 Å². The maximum atomic E-state index is 12.6. The lowest BCUT2D eigenvalue weighted by Crippen LogP contribution is -2.45. The van der Waals surface area contributed by atoms with E-state index in [2.05, 4.69) is 14.9 Å². The first-order valence-electron chi connectivity index (χ1n) is 8.88. The lowest BCUT2D eigenvalue weighted by Gasteiger charge is -2.35. The van der Waals surface area contributed by atoms with Crippen molar-refractivity contribution in [2.24, 2.45) is 0 Å². The summed E-state index contributed by atoms with van der Waals surface area (Å²) in [6.45, 7) is 3.12. The number of sulfonamides is 1. The van der Waals surface area contributed by atoms with Crippen molar-refractivity contribution >= 4 is 38.9 Å². The topological polar surface area (TPSA) is 81.7 Å². The fraction of sp³-hybridized carbons (Fsp3) is 0.316. The molecule has 0 unspecified atom stereocenters. The number of hydrogen-bond acceptors (Lipinski definition) is 5. The Morgan fingerprint density at radius 2 is 1.79 bits per heavy atom. The van der Waals surface area contributed by atoms with E-state index < -0.39 is 15.9 Å². The number of hydrogen-bond donors (Lipinski definition) is 2. The molecule has 1 fully saturated rings. The summed E-state index contributed by atoms with van der Waals surface area (Å²) in [7, 11) is -0.337. The molecule has 2 aromatic rings. The Kier molecular flexibility index (Phi) is 6.24. The summed E-state index contributed by atoms with van der Waals surface area (Å²) in [5.74, 6) is -0.403. The first-order valence-corrected chi connectivity index (χ1v) is 10.7. The van der Waals surface area contributed by atoms with Crippen molar-refractivity contribution in [1.29, 1.82) is 0 Å². The predicted octanol–water partition coefficient (Wildman–Crippen LogP) is 2.25. The summed E-state index contributed by atoms with van der Waals surface area (Å²) in [4.78, 5) is 17.0. The molecule has 1 amide bonds. The van der Waals surface area contributed by atoms with Gasteiger partial charge in [0.25, 0.3) is 5.91 Å². The van der Waals surface area contributed by atoms with E-state index in [4.69, 9.17) is 11.6 Å². The van der Waals surface area contributed by atoms with Gasteiger partial charge in [-0.1, -0.05) is 17.7 Å². The normalized spacial score (nSPS) is 15.5. The lowest BCUT2D eigenvalue weighted by molar-refractivity contribution is 0.102. The van der Waals surface area contributed by atoms with Crippen LogP contribution in [0.2, 0.25) is 5.02 Å². The van der Waals surface area contributed by atoms with Gasteiger partial charge in [-0.3, -0.25) is 4.79 Å². The van der Waals surface area contributed by atoms with Crippen LogP contribution in [-0.2, 0) is 10.0 Å². The minimum atomic E-state index is -3.73. The number of halogens is 1. The van der Waals surface area contributed by atoms with Crippen LogP contribution in [0.1, 0.15) is 10.4 Å². The molecule has 0 saturated carbocycles. The van der Waals surface area contributed by atoms with Gasteiger partial charge in [-0.05, 0) is 50.5 Å². The third-order valence-electron chi connectivity index (χ3n) is 4.71. The summed E-state index contributed by atoms with van der Waals surface area (Å²) in [5.41, 5.74) is 1.40. The summed E-state index contributed by atoms with van der Waals surface area (Å²) in [5, 5.41) is 3.24. The van der Waals surface area contributed by atoms with E-state index in [0.717, 1.165) is 26.2 Å². The Morgan fingerprint density at radius 1 is 1.07 bits per heavy atom. The van der Waals surface area contributed by atoms with Gasteiger partial charge in [-0.25, -0.2) is 13.1 Å². The SMILES string of the molecule is CNS(=O)(=O)c1cc(C(=O)Nc2cccc(Cl)c2)ccc1N1CCN(C)CC1. The van der Waals surface area contributed by atoms with Crippen molar-refractivity contribution in [2.45, 2.75) is 4.90 Å². The van der Waals surface area contributed by atoms with Crippen molar-refractivity contribution in [3.8, 4) is 0 Å². The number of rotatable bonds is 5. The predicted molar refractivity (Wildman–Crippen MR) is 112 cm³/mol. The zero-order chi connectivity index (χ0) is 20.3. The van der Waals surface area contributed by atoms with Gasteiger partial charge in [0.15, 0.2) is 0 Å². The lowest BCUT2D eigenvalue weighted by atomic mass is 10.1. The molecular weight excluding hydrogens is 400 g/mol. The second-order valence-corrected chi connectivity index (χ2v) is 8.94. The molecule has 3 rings (SSSR count). The highest BCUT2D eigenvalue weighted by Gasteiger charge is 2.24. The van der Waals surface area contributed by atoms with Gasteiger partial charge in [0.1, 0.15) is 4.90 Å². The highest BCUT2D eigenvalue weighted by Crippen LogP contribution is 2.28. The number of likely N-dealkylation sites (N-methyl/N-ethyl adjacent to an activating group) is 1. The summed E-state index contributed by atoms with van der Waals surface area (Å²) < 4.78 is 27.6. The summed E-state index contributed by atoms with van der Waals surface area (Å²) in [6.07, 6.45) is 0. The van der Waals surface area contributed by atoms with Crippen LogP contribution in [0.5, 0.6) is 0 Å². The van der Waals surface area contributed by atoms with Crippen LogP contribution in [0.15, 0.2) is 47.4 Å². The standard InChI is InChI=1S/C19H23ClN4O3S/c1-21-28(26,27)18-12-14(19(25)22-16-5-3-4-15(20)13-16)6-7-17(18)24-10-8-23(2)9-11-24/h3-7,12-13,21H,8-11H2,1-2H3,(H,22,25). The fourth-order valence-corrected chi connectivity index (χ4v) is 4.22. The second-order valence-electron chi connectivity index (χ2n) is 6.64. The Bertz CT molecular complexity index is 973. The quantitative estimate of drug-likeness (QED) is 0.772. The van der Waals surface area contributed by atoms with E-state index in [1.54, 1.807) is 36.4 Å². The highest BCUT2D eigenvalue weighted by molar-refractivity contribution is 7.89. The Labute approximate surface area is 170 Å². The van der Waals surface area contributed by atoms with Gasteiger partial charge in [0, 0.05) is 42.5 Å². The second kappa shape index (κ2) is 8.48. The van der Waals surface area contributed by atoms with Crippen LogP contribution < -0.4 is 14.9 Å². The molecule has 0 radical (unpaired) electrons. The minimum Gasteiger partial charge on any atom is -0.368 e. The molecule has 1 aliphatic heterocycles. The van der Waals surface area contributed by atoms with Crippen molar-refractivity contribution < 1.29 is 13.2 Å². The smallest absolute Gasteiger partial charge is 0.255 e. The van der Waals surface area contributed by atoms with Gasteiger partial charge in [0.2, 0.25) is 10.0 Å². The average molecular weight is 423 g/mol. The maximum absolute atomic E-state index is 12.6. The van der Waals surface area contributed by atoms with Crippen molar-refractivity contribution in [1.82, 2.24) is 9.62 Å². The number of amides is 1. The van der Waals surface area contributed by atoms with E-state index in [1.165, 1.54) is 13.1 Å². The van der Waals surface area contributed by atoms with Gasteiger partial charge in [-0.2, -0.15) is 0 Å². The molecule has 1 saturated heterocycles. The van der Waals surface area contributed by atoms with Gasteiger partial charge in [0.05, 0.1) is 5.69 Å². The molecule has 0 aromatic heterocycles. The van der Waals surface area contributed by atoms with Crippen LogP contribution in [0.3, 0.4) is 0 Å². The summed E-state index contributed by atoms with van der Waals surface area (Å²) in [6, 6.07) is 11.5. The maximum Gasteiger partial charge on any atom is 0.255 e. The molecule has 9 heteroatoms. The van der Waals surface area contributed by atoms with E-state index in [9.17, 15) is 13.2 Å². The number of piperazine rings is 1. The molecule has 1 aliphatic rings. The first-order chi connectivity index (χ1) is 13.3. The van der Waals surface area contributed by atoms with Crippen LogP contribution in [-0.4, -0.2) is 59.5 Å². The zero-order valence-electron chi connectivity index (χ0n) is 15.8. The number of nitrogens with zero attached hydrogens (tertiary/aromatic N) is 2. The third kappa shape index (κ3) is 4.64. The number of carbonyl (C=O) groups excluding carboxylic acids is 1. The largest absolute Gasteiger partial charge is 0.368 e. The monoisotopic (exact) mass is 422 g/mol. The number of anilines is 2. The molecule has 28 heavy (non-hydrogen) atoms. The van der Waals surface area contributed by atoms with Gasteiger partial charge in [-0.15, -0.1) is 0 Å². The first kappa shape index (κ1) is 20.6. The van der Waals surface area contributed by atoms with Crippen LogP contribution >= 0.6 is 11.6 Å². The Balaban J connectivity index is 1.93. The number of nitrogens with one attached hydrogen (secondary N) is 2. The number of benzene rings is 2. The van der Waals surface area contributed by atoms with E-state index in [0.29, 0.717) is 16.4 Å². The highest BCUT2D eigenvalue weighted by atomic mass is 35.5. The van der Waals surface area contributed by atoms with Gasteiger partial charge >= 0.3 is 0 Å². The average Bonchev–Trinajstić information content (AvgIpc) is 2.68. The molecule has 7 nitrogen and oxygen atoms in total. The van der Waals surface area contributed by atoms with E-state index in [-0.39, 0.29) is 10.5 Å².